The van der Waals surface area contributed by atoms with Crippen LogP contribution in [-0.4, -0.2) is 12.4 Å². The van der Waals surface area contributed by atoms with Crippen molar-refractivity contribution < 1.29 is 10.1 Å². The van der Waals surface area contributed by atoms with Crippen LogP contribution in [0.1, 0.15) is 21.3 Å². The van der Waals surface area contributed by atoms with Gasteiger partial charge in [0.25, 0.3) is 0 Å². The van der Waals surface area contributed by atoms with E-state index >= 15 is 0 Å². The highest BCUT2D eigenvalue weighted by Crippen LogP contribution is 1.79. The average molecular weight is 172 g/mol. The Bertz CT molecular complexity index is 90.7. The summed E-state index contributed by atoms with van der Waals surface area (Å²) < 4.78 is 0. The number of benzene rings is 1. The quantitative estimate of drug-likeness (QED) is 0.479. The van der Waals surface area contributed by atoms with Crippen LogP contribution in [0, 0.1) is 0 Å². The molecule has 0 fully saturated rings. The minimum atomic E-state index is 0. The van der Waals surface area contributed by atoms with E-state index in [-0.39, 0.29) is 7.43 Å². The second-order valence-electron chi connectivity index (χ2n) is 1.34. The molecule has 0 atom stereocenters. The van der Waals surface area contributed by atoms with Gasteiger partial charge in [-0.1, -0.05) is 57.7 Å². The topological polar surface area (TPSA) is 29.5 Å². The summed E-state index contributed by atoms with van der Waals surface area (Å²) in [5, 5.41) is 7.07. The first kappa shape index (κ1) is 17.3. The van der Waals surface area contributed by atoms with Crippen LogP contribution in [0.2, 0.25) is 0 Å². The molecule has 0 amide bonds. The number of hydrogen-bond donors (Lipinski definition) is 1. The van der Waals surface area contributed by atoms with Crippen molar-refractivity contribution in [3.8, 4) is 0 Å². The first-order valence-electron chi connectivity index (χ1n) is 3.59. The van der Waals surface area contributed by atoms with Gasteiger partial charge in [-0.3, -0.25) is 5.26 Å². The molecule has 0 bridgehead atoms. The zero-order valence-electron chi connectivity index (χ0n) is 7.32. The zero-order chi connectivity index (χ0) is 8.95. The molecule has 2 heteroatoms. The molecule has 0 aliphatic rings. The van der Waals surface area contributed by atoms with E-state index in [1.54, 1.807) is 0 Å². The van der Waals surface area contributed by atoms with Crippen molar-refractivity contribution >= 4 is 0 Å². The fraction of sp³-hybridized carbons (Fsp3) is 0.400. The van der Waals surface area contributed by atoms with Crippen molar-refractivity contribution in [1.29, 1.82) is 0 Å². The lowest BCUT2D eigenvalue weighted by atomic mass is 10.4. The van der Waals surface area contributed by atoms with Gasteiger partial charge in [0.1, 0.15) is 0 Å². The van der Waals surface area contributed by atoms with Gasteiger partial charge in [-0.15, -0.1) is 0 Å². The lowest BCUT2D eigenvalue weighted by Crippen LogP contribution is -1.57. The molecule has 0 aromatic heterocycles. The van der Waals surface area contributed by atoms with Crippen LogP contribution in [0.15, 0.2) is 36.4 Å². The Kier molecular flexibility index (Phi) is 32.4. The van der Waals surface area contributed by atoms with Gasteiger partial charge in [0.15, 0.2) is 0 Å². The largest absolute Gasteiger partial charge is 0.252 e. The van der Waals surface area contributed by atoms with Crippen LogP contribution in [0.25, 0.3) is 0 Å². The van der Waals surface area contributed by atoms with Crippen LogP contribution in [0.5, 0.6) is 0 Å². The van der Waals surface area contributed by atoms with Crippen molar-refractivity contribution in [3.05, 3.63) is 36.4 Å². The molecule has 2 nitrogen and oxygen atoms in total. The third-order valence-corrected chi connectivity index (χ3v) is 0.667. The Morgan fingerprint density at radius 3 is 1.00 bits per heavy atom. The smallest absolute Gasteiger partial charge is 0.0710 e. The van der Waals surface area contributed by atoms with Crippen LogP contribution < -0.4 is 0 Å². The summed E-state index contributed by atoms with van der Waals surface area (Å²) in [5.41, 5.74) is 0. The van der Waals surface area contributed by atoms with Gasteiger partial charge in [0, 0.05) is 0 Å². The fourth-order valence-corrected chi connectivity index (χ4v) is 0.385. The molecule has 0 saturated heterocycles. The molecule has 72 valence electrons. The van der Waals surface area contributed by atoms with Gasteiger partial charge < -0.3 is 0 Å². The van der Waals surface area contributed by atoms with E-state index in [1.165, 1.54) is 7.11 Å². The molecule has 0 heterocycles. The third kappa shape index (κ3) is 22.9. The molecule has 0 aliphatic heterocycles. The van der Waals surface area contributed by atoms with Crippen LogP contribution >= 0.6 is 0 Å². The van der Waals surface area contributed by atoms with Gasteiger partial charge in [-0.25, -0.2) is 4.89 Å². The van der Waals surface area contributed by atoms with Crippen molar-refractivity contribution in [2.45, 2.75) is 21.3 Å². The van der Waals surface area contributed by atoms with Gasteiger partial charge in [0.2, 0.25) is 0 Å². The van der Waals surface area contributed by atoms with Crippen LogP contribution in [-0.2, 0) is 4.89 Å². The molecule has 1 aromatic carbocycles. The van der Waals surface area contributed by atoms with Crippen LogP contribution in [0.4, 0.5) is 0 Å². The molecule has 0 aliphatic carbocycles. The minimum Gasteiger partial charge on any atom is -0.252 e. The predicted octanol–water partition coefficient (Wildman–Crippen LogP) is 3.45. The minimum absolute atomic E-state index is 0. The maximum Gasteiger partial charge on any atom is 0.0710 e. The molecule has 0 radical (unpaired) electrons. The van der Waals surface area contributed by atoms with Gasteiger partial charge in [-0.2, -0.15) is 0 Å². The first-order chi connectivity index (χ1) is 5.41. The maximum absolute atomic E-state index is 7.07. The summed E-state index contributed by atoms with van der Waals surface area (Å²) in [7, 11) is 1.18. The molecule has 1 N–H and O–H groups in total. The first-order valence-corrected chi connectivity index (χ1v) is 3.59. The summed E-state index contributed by atoms with van der Waals surface area (Å²) in [6, 6.07) is 12.0. The third-order valence-electron chi connectivity index (χ3n) is 0.667. The standard InChI is InChI=1S/C6H6.C2H6.CH4O2.CH4/c1-2-4-6-5-3-1;1-2;1-3-2;/h1-6H;1-2H3;2H,1H3;1H4. The molecule has 0 unspecified atom stereocenters. The summed E-state index contributed by atoms with van der Waals surface area (Å²) in [5.74, 6) is 0. The second kappa shape index (κ2) is 22.5. The zero-order valence-corrected chi connectivity index (χ0v) is 7.32. The summed E-state index contributed by atoms with van der Waals surface area (Å²) in [4.78, 5) is 3.25. The fourth-order valence-electron chi connectivity index (χ4n) is 0.385. The monoisotopic (exact) mass is 172 g/mol. The average Bonchev–Trinajstić information content (AvgIpc) is 2.12. The van der Waals surface area contributed by atoms with Crippen molar-refractivity contribution in [2.24, 2.45) is 0 Å². The highest BCUT2D eigenvalue weighted by atomic mass is 17.1. The predicted molar refractivity (Wildman–Crippen MR) is 54.2 cm³/mol. The van der Waals surface area contributed by atoms with Gasteiger partial charge >= 0.3 is 0 Å². The Balaban J connectivity index is -0.000000119. The van der Waals surface area contributed by atoms with E-state index in [9.17, 15) is 0 Å². The van der Waals surface area contributed by atoms with Gasteiger partial charge in [0.05, 0.1) is 7.11 Å². The Morgan fingerprint density at radius 2 is 0.917 bits per heavy atom. The molecule has 0 saturated carbocycles. The molecule has 12 heavy (non-hydrogen) atoms. The normalized spacial score (nSPS) is 6.00. The summed E-state index contributed by atoms with van der Waals surface area (Å²) in [6.45, 7) is 4.00. The van der Waals surface area contributed by atoms with Gasteiger partial charge in [-0.05, 0) is 0 Å². The van der Waals surface area contributed by atoms with Crippen molar-refractivity contribution in [3.63, 3.8) is 0 Å². The highest BCUT2D eigenvalue weighted by molar-refractivity contribution is 4.99. The van der Waals surface area contributed by atoms with Crippen LogP contribution in [0.3, 0.4) is 0 Å². The van der Waals surface area contributed by atoms with E-state index in [0.29, 0.717) is 0 Å². The van der Waals surface area contributed by atoms with E-state index in [4.69, 9.17) is 5.26 Å². The van der Waals surface area contributed by atoms with E-state index < -0.39 is 0 Å². The summed E-state index contributed by atoms with van der Waals surface area (Å²) >= 11 is 0. The van der Waals surface area contributed by atoms with E-state index in [2.05, 4.69) is 4.89 Å². The maximum atomic E-state index is 7.07. The summed E-state index contributed by atoms with van der Waals surface area (Å²) in [6.07, 6.45) is 0. The molecular weight excluding hydrogens is 152 g/mol. The van der Waals surface area contributed by atoms with Crippen molar-refractivity contribution in [1.82, 2.24) is 0 Å². The van der Waals surface area contributed by atoms with E-state index in [1.807, 2.05) is 50.2 Å². The Hall–Kier alpha value is -0.860. The highest BCUT2D eigenvalue weighted by Gasteiger charge is 1.57. The Morgan fingerprint density at radius 1 is 0.833 bits per heavy atom. The van der Waals surface area contributed by atoms with Crippen molar-refractivity contribution in [2.75, 3.05) is 7.11 Å². The molecule has 1 rings (SSSR count). The SMILES string of the molecule is C.CC.COO.c1ccccc1. The lowest BCUT2D eigenvalue weighted by Gasteiger charge is -1.69. The lowest BCUT2D eigenvalue weighted by molar-refractivity contribution is -0.214. The van der Waals surface area contributed by atoms with E-state index in [0.717, 1.165) is 0 Å². The second-order valence-corrected chi connectivity index (χ2v) is 1.34. The molecule has 0 spiro atoms. The molecular formula is C10H20O2. The number of hydrogen-bond acceptors (Lipinski definition) is 2. The number of rotatable bonds is 0. The molecule has 1 aromatic rings. The Labute approximate surface area is 75.7 Å².